The predicted octanol–water partition coefficient (Wildman–Crippen LogP) is 4.44. The molecular formula is C23H29BrN2O5S. The molecule has 1 aliphatic rings. The van der Waals surface area contributed by atoms with Gasteiger partial charge in [0, 0.05) is 18.8 Å². The van der Waals surface area contributed by atoms with Gasteiger partial charge in [-0.05, 0) is 83.1 Å². The molecule has 0 radical (unpaired) electrons. The van der Waals surface area contributed by atoms with Gasteiger partial charge in [-0.15, -0.1) is 0 Å². The highest BCUT2D eigenvalue weighted by Gasteiger charge is 2.20. The van der Waals surface area contributed by atoms with E-state index in [-0.39, 0.29) is 30.1 Å². The minimum Gasteiger partial charge on any atom is -0.483 e. The Hall–Kier alpha value is -1.94. The monoisotopic (exact) mass is 524 g/mol. The van der Waals surface area contributed by atoms with Crippen molar-refractivity contribution in [3.8, 4) is 5.75 Å². The number of anilines is 1. The lowest BCUT2D eigenvalue weighted by Gasteiger charge is -2.13. The number of carbonyl (C=O) groups excluding carboxylic acids is 1. The Balaban J connectivity index is 1.51. The van der Waals surface area contributed by atoms with Crippen LogP contribution in [0.3, 0.4) is 0 Å². The third kappa shape index (κ3) is 6.78. The number of amides is 1. The zero-order chi connectivity index (χ0) is 23.1. The zero-order valence-electron chi connectivity index (χ0n) is 18.3. The van der Waals surface area contributed by atoms with E-state index in [1.165, 1.54) is 17.7 Å². The van der Waals surface area contributed by atoms with E-state index in [1.54, 1.807) is 12.1 Å². The van der Waals surface area contributed by atoms with Gasteiger partial charge in [0.1, 0.15) is 5.75 Å². The van der Waals surface area contributed by atoms with Crippen molar-refractivity contribution in [3.63, 3.8) is 0 Å². The van der Waals surface area contributed by atoms with Crippen LogP contribution in [0.25, 0.3) is 0 Å². The molecule has 32 heavy (non-hydrogen) atoms. The van der Waals surface area contributed by atoms with E-state index < -0.39 is 10.0 Å². The van der Waals surface area contributed by atoms with Gasteiger partial charge in [0.05, 0.1) is 15.5 Å². The smallest absolute Gasteiger partial charge is 0.262 e. The molecule has 2 N–H and O–H groups in total. The summed E-state index contributed by atoms with van der Waals surface area (Å²) in [4.78, 5) is 12.4. The Morgan fingerprint density at radius 3 is 2.62 bits per heavy atom. The number of benzene rings is 2. The maximum atomic E-state index is 12.4. The van der Waals surface area contributed by atoms with Crippen LogP contribution in [0.4, 0.5) is 5.69 Å². The van der Waals surface area contributed by atoms with Gasteiger partial charge in [-0.2, -0.15) is 0 Å². The summed E-state index contributed by atoms with van der Waals surface area (Å²) in [5.41, 5.74) is 1.69. The van der Waals surface area contributed by atoms with Crippen molar-refractivity contribution in [2.75, 3.05) is 25.1 Å². The van der Waals surface area contributed by atoms with Crippen LogP contribution in [0, 0.1) is 0 Å². The quantitative estimate of drug-likeness (QED) is 0.479. The second-order valence-corrected chi connectivity index (χ2v) is 10.5. The van der Waals surface area contributed by atoms with Crippen molar-refractivity contribution in [2.45, 2.75) is 50.0 Å². The lowest BCUT2D eigenvalue weighted by atomic mass is 9.99. The first-order valence-corrected chi connectivity index (χ1v) is 13.0. The van der Waals surface area contributed by atoms with Crippen LogP contribution in [-0.4, -0.2) is 40.2 Å². The summed E-state index contributed by atoms with van der Waals surface area (Å²) in [5, 5.41) is 2.71. The molecule has 0 saturated carbocycles. The van der Waals surface area contributed by atoms with E-state index in [0.29, 0.717) is 24.0 Å². The third-order valence-electron chi connectivity index (χ3n) is 5.47. The SMILES string of the molecule is CCC(C)c1ccc(OCC(=O)Nc2ccc(S(=O)(=O)NCC3CCCO3)cc2)c(Br)c1. The number of sulfonamides is 1. The molecule has 2 atom stereocenters. The average Bonchev–Trinajstić information content (AvgIpc) is 3.30. The van der Waals surface area contributed by atoms with Gasteiger partial charge in [0.15, 0.2) is 6.61 Å². The fourth-order valence-electron chi connectivity index (χ4n) is 3.33. The van der Waals surface area contributed by atoms with Crippen molar-refractivity contribution >= 4 is 37.5 Å². The molecule has 0 aliphatic carbocycles. The lowest BCUT2D eigenvalue weighted by Crippen LogP contribution is -2.31. The fraction of sp³-hybridized carbons (Fsp3) is 0.435. The first-order valence-electron chi connectivity index (χ1n) is 10.7. The summed E-state index contributed by atoms with van der Waals surface area (Å²) < 4.78 is 39.3. The molecule has 1 fully saturated rings. The molecule has 174 valence electrons. The number of rotatable bonds is 10. The van der Waals surface area contributed by atoms with E-state index in [4.69, 9.17) is 9.47 Å². The van der Waals surface area contributed by atoms with Gasteiger partial charge in [-0.3, -0.25) is 4.79 Å². The average molecular weight is 525 g/mol. The van der Waals surface area contributed by atoms with Crippen molar-refractivity contribution in [1.82, 2.24) is 4.72 Å². The number of nitrogens with one attached hydrogen (secondary N) is 2. The third-order valence-corrected chi connectivity index (χ3v) is 7.53. The first-order chi connectivity index (χ1) is 15.3. The second-order valence-electron chi connectivity index (χ2n) is 7.85. The van der Waals surface area contributed by atoms with Crippen LogP contribution in [0.1, 0.15) is 44.6 Å². The maximum absolute atomic E-state index is 12.4. The molecule has 0 spiro atoms. The fourth-order valence-corrected chi connectivity index (χ4v) is 4.90. The number of hydrogen-bond acceptors (Lipinski definition) is 5. The van der Waals surface area contributed by atoms with Crippen molar-refractivity contribution < 1.29 is 22.7 Å². The molecule has 0 aromatic heterocycles. The number of carbonyl (C=O) groups is 1. The normalized spacial score (nSPS) is 17.2. The lowest BCUT2D eigenvalue weighted by molar-refractivity contribution is -0.118. The molecular weight excluding hydrogens is 496 g/mol. The molecule has 2 aromatic rings. The standard InChI is InChI=1S/C23H29BrN2O5S/c1-3-16(2)17-6-11-22(21(24)13-17)31-15-23(27)26-18-7-9-20(10-8-18)32(28,29)25-14-19-5-4-12-30-19/h6-11,13,16,19,25H,3-5,12,14-15H2,1-2H3,(H,26,27). The topological polar surface area (TPSA) is 93.7 Å². The summed E-state index contributed by atoms with van der Waals surface area (Å²) in [7, 11) is -3.63. The molecule has 1 saturated heterocycles. The molecule has 3 rings (SSSR count). The van der Waals surface area contributed by atoms with Crippen molar-refractivity contribution in [3.05, 3.63) is 52.5 Å². The van der Waals surface area contributed by atoms with Crippen LogP contribution in [-0.2, 0) is 19.6 Å². The summed E-state index contributed by atoms with van der Waals surface area (Å²) >= 11 is 3.49. The largest absolute Gasteiger partial charge is 0.483 e. The van der Waals surface area contributed by atoms with E-state index in [1.807, 2.05) is 18.2 Å². The molecule has 0 bridgehead atoms. The maximum Gasteiger partial charge on any atom is 0.262 e. The van der Waals surface area contributed by atoms with Crippen LogP contribution < -0.4 is 14.8 Å². The summed E-state index contributed by atoms with van der Waals surface area (Å²) in [6, 6.07) is 11.9. The predicted molar refractivity (Wildman–Crippen MR) is 128 cm³/mol. The van der Waals surface area contributed by atoms with Crippen molar-refractivity contribution in [2.24, 2.45) is 0 Å². The molecule has 1 heterocycles. The molecule has 2 unspecified atom stereocenters. The van der Waals surface area contributed by atoms with Crippen LogP contribution >= 0.6 is 15.9 Å². The van der Waals surface area contributed by atoms with Gasteiger partial charge in [0.2, 0.25) is 10.0 Å². The van der Waals surface area contributed by atoms with Crippen LogP contribution in [0.15, 0.2) is 51.8 Å². The van der Waals surface area contributed by atoms with Gasteiger partial charge < -0.3 is 14.8 Å². The van der Waals surface area contributed by atoms with Crippen LogP contribution in [0.2, 0.25) is 0 Å². The summed E-state index contributed by atoms with van der Waals surface area (Å²) in [6.07, 6.45) is 2.77. The van der Waals surface area contributed by atoms with E-state index in [2.05, 4.69) is 39.8 Å². The Labute approximate surface area is 198 Å². The van der Waals surface area contributed by atoms with E-state index in [9.17, 15) is 13.2 Å². The van der Waals surface area contributed by atoms with Gasteiger partial charge >= 0.3 is 0 Å². The van der Waals surface area contributed by atoms with E-state index in [0.717, 1.165) is 23.7 Å². The molecule has 1 amide bonds. The molecule has 1 aliphatic heterocycles. The highest BCUT2D eigenvalue weighted by Crippen LogP contribution is 2.30. The molecule has 2 aromatic carbocycles. The second kappa shape index (κ2) is 11.3. The van der Waals surface area contributed by atoms with Crippen LogP contribution in [0.5, 0.6) is 5.75 Å². The minimum absolute atomic E-state index is 0.0744. The Kier molecular flexibility index (Phi) is 8.70. The van der Waals surface area contributed by atoms with Gasteiger partial charge in [-0.1, -0.05) is 19.9 Å². The number of halogens is 1. The number of hydrogen-bond donors (Lipinski definition) is 2. The Morgan fingerprint density at radius 2 is 2.00 bits per heavy atom. The molecule has 9 heteroatoms. The summed E-state index contributed by atoms with van der Waals surface area (Å²) in [6.45, 7) is 5.06. The van der Waals surface area contributed by atoms with Gasteiger partial charge in [-0.25, -0.2) is 13.1 Å². The first kappa shape index (κ1) is 24.7. The van der Waals surface area contributed by atoms with Gasteiger partial charge in [0.25, 0.3) is 5.91 Å². The van der Waals surface area contributed by atoms with E-state index >= 15 is 0 Å². The minimum atomic E-state index is -3.63. The molecule has 7 nitrogen and oxygen atoms in total. The highest BCUT2D eigenvalue weighted by molar-refractivity contribution is 9.10. The number of ether oxygens (including phenoxy) is 2. The zero-order valence-corrected chi connectivity index (χ0v) is 20.7. The summed E-state index contributed by atoms with van der Waals surface area (Å²) in [5.74, 6) is 0.697. The Morgan fingerprint density at radius 1 is 1.25 bits per heavy atom. The Bertz CT molecular complexity index is 1020. The van der Waals surface area contributed by atoms with Crippen molar-refractivity contribution in [1.29, 1.82) is 0 Å². The highest BCUT2D eigenvalue weighted by atomic mass is 79.9.